The Morgan fingerprint density at radius 2 is 2.20 bits per heavy atom. The third-order valence-electron chi connectivity index (χ3n) is 2.16. The predicted octanol–water partition coefficient (Wildman–Crippen LogP) is 1.90. The third-order valence-corrected chi connectivity index (χ3v) is 3.42. The van der Waals surface area contributed by atoms with Gasteiger partial charge in [-0.05, 0) is 17.2 Å². The van der Waals surface area contributed by atoms with Gasteiger partial charge in [0.15, 0.2) is 0 Å². The van der Waals surface area contributed by atoms with Crippen molar-refractivity contribution in [2.45, 2.75) is 12.2 Å². The number of hydrogen-bond acceptors (Lipinski definition) is 4. The van der Waals surface area contributed by atoms with Crippen molar-refractivity contribution in [3.63, 3.8) is 0 Å². The maximum atomic E-state index is 10.5. The molecule has 5 nitrogen and oxygen atoms in total. The van der Waals surface area contributed by atoms with Crippen LogP contribution >= 0.6 is 10.8 Å². The second-order valence-electron chi connectivity index (χ2n) is 3.48. The Kier molecular flexibility index (Phi) is 2.34. The van der Waals surface area contributed by atoms with Crippen LogP contribution in [0.1, 0.15) is 11.1 Å². The summed E-state index contributed by atoms with van der Waals surface area (Å²) in [4.78, 5) is 10.5. The number of anilines is 1. The lowest BCUT2D eigenvalue weighted by atomic mass is 10.1. The fourth-order valence-corrected chi connectivity index (χ4v) is 2.86. The molecule has 0 unspecified atom stereocenters. The van der Waals surface area contributed by atoms with Crippen LogP contribution in [0.2, 0.25) is 0 Å². The molecule has 0 atom stereocenters. The molecular weight excluding hydrogens is 218 g/mol. The highest BCUT2D eigenvalue weighted by molar-refractivity contribution is 8.25. The minimum absolute atomic E-state index is 0.0614. The number of aliphatic carboxylic acids is 1. The number of carboxylic acids is 1. The van der Waals surface area contributed by atoms with Gasteiger partial charge in [-0.2, -0.15) is 0 Å². The molecule has 2 rings (SSSR count). The van der Waals surface area contributed by atoms with Crippen molar-refractivity contribution in [1.29, 1.82) is 0 Å². The van der Waals surface area contributed by atoms with Crippen LogP contribution in [0.4, 0.5) is 5.69 Å². The molecule has 1 aromatic carbocycles. The molecule has 0 radical (unpaired) electrons. The van der Waals surface area contributed by atoms with E-state index in [0.717, 1.165) is 5.56 Å². The average Bonchev–Trinajstić information content (AvgIpc) is 2.36. The van der Waals surface area contributed by atoms with E-state index >= 15 is 0 Å². The summed E-state index contributed by atoms with van der Waals surface area (Å²) in [5.74, 6) is -0.713. The predicted molar refractivity (Wildman–Crippen MR) is 58.0 cm³/mol. The zero-order valence-corrected chi connectivity index (χ0v) is 8.62. The molecule has 15 heavy (non-hydrogen) atoms. The Labute approximate surface area is 88.2 Å². The normalized spacial score (nSPS) is 19.1. The van der Waals surface area contributed by atoms with Gasteiger partial charge >= 0.3 is 5.97 Å². The van der Waals surface area contributed by atoms with Gasteiger partial charge in [-0.15, -0.1) is 10.8 Å². The molecule has 6 heteroatoms. The summed E-state index contributed by atoms with van der Waals surface area (Å²) >= 11 is 0. The first-order valence-corrected chi connectivity index (χ1v) is 6.05. The quantitative estimate of drug-likeness (QED) is 0.622. The molecule has 1 aliphatic rings. The molecule has 1 heterocycles. The van der Waals surface area contributed by atoms with E-state index in [9.17, 15) is 13.9 Å². The van der Waals surface area contributed by atoms with E-state index in [4.69, 9.17) is 5.11 Å². The lowest BCUT2D eigenvalue weighted by Crippen LogP contribution is -2.02. The molecule has 0 spiro atoms. The second kappa shape index (κ2) is 3.41. The Morgan fingerprint density at radius 1 is 1.47 bits per heavy atom. The number of hydrogen-bond donors (Lipinski definition) is 4. The van der Waals surface area contributed by atoms with Crippen LogP contribution in [0.5, 0.6) is 0 Å². The van der Waals surface area contributed by atoms with Crippen LogP contribution in [0.25, 0.3) is 0 Å². The van der Waals surface area contributed by atoms with E-state index in [2.05, 4.69) is 4.72 Å². The van der Waals surface area contributed by atoms with Crippen molar-refractivity contribution in [2.75, 3.05) is 4.72 Å². The van der Waals surface area contributed by atoms with Gasteiger partial charge in [0, 0.05) is 0 Å². The van der Waals surface area contributed by atoms with Gasteiger partial charge in [-0.3, -0.25) is 18.6 Å². The first-order chi connectivity index (χ1) is 6.96. The molecule has 1 aromatic rings. The number of fused-ring (bicyclic) bond motifs is 1. The zero-order valence-electron chi connectivity index (χ0n) is 7.80. The SMILES string of the molecule is O=C(O)Cc1ccc2c(c1)NS(O)(O)C2. The highest BCUT2D eigenvalue weighted by Crippen LogP contribution is 2.50. The summed E-state index contributed by atoms with van der Waals surface area (Å²) in [5, 5.41) is 8.60. The molecule has 0 aliphatic carbocycles. The average molecular weight is 229 g/mol. The molecule has 0 aromatic heterocycles. The van der Waals surface area contributed by atoms with E-state index in [0.29, 0.717) is 11.3 Å². The van der Waals surface area contributed by atoms with Crippen LogP contribution < -0.4 is 4.72 Å². The summed E-state index contributed by atoms with van der Waals surface area (Å²) in [5.41, 5.74) is 2.07. The first-order valence-electron chi connectivity index (χ1n) is 4.33. The highest BCUT2D eigenvalue weighted by Gasteiger charge is 2.24. The molecule has 82 valence electrons. The maximum absolute atomic E-state index is 10.5. The Bertz CT molecular complexity index is 419. The standard InChI is InChI=1S/C9H11NO4S/c11-9(12)4-6-1-2-7-5-15(13,14)10-8(7)3-6/h1-3,10,13-14H,4-5H2,(H,11,12). The molecule has 4 N–H and O–H groups in total. The fraction of sp³-hybridized carbons (Fsp3) is 0.222. The van der Waals surface area contributed by atoms with Crippen LogP contribution in [0.3, 0.4) is 0 Å². The van der Waals surface area contributed by atoms with Crippen LogP contribution in [0.15, 0.2) is 18.2 Å². The van der Waals surface area contributed by atoms with Gasteiger partial charge in [0.05, 0.1) is 17.9 Å². The van der Waals surface area contributed by atoms with E-state index in [1.54, 1.807) is 18.2 Å². The molecular formula is C9H11NO4S. The molecule has 0 amide bonds. The summed E-state index contributed by atoms with van der Waals surface area (Å²) in [7, 11) is -2.75. The summed E-state index contributed by atoms with van der Waals surface area (Å²) in [6.07, 6.45) is -0.0614. The van der Waals surface area contributed by atoms with Gasteiger partial charge < -0.3 is 5.11 Å². The number of carboxylic acid groups (broad SMARTS) is 1. The van der Waals surface area contributed by atoms with Crippen molar-refractivity contribution in [2.24, 2.45) is 0 Å². The molecule has 1 aliphatic heterocycles. The summed E-state index contributed by atoms with van der Waals surface area (Å²) in [6.45, 7) is 0. The number of nitrogens with one attached hydrogen (secondary N) is 1. The van der Waals surface area contributed by atoms with Crippen molar-refractivity contribution in [3.8, 4) is 0 Å². The lowest BCUT2D eigenvalue weighted by molar-refractivity contribution is -0.136. The smallest absolute Gasteiger partial charge is 0.307 e. The minimum atomic E-state index is -2.75. The topological polar surface area (TPSA) is 89.8 Å². The first kappa shape index (κ1) is 10.3. The zero-order chi connectivity index (χ0) is 11.1. The second-order valence-corrected chi connectivity index (χ2v) is 5.30. The van der Waals surface area contributed by atoms with Crippen molar-refractivity contribution < 1.29 is 19.0 Å². The van der Waals surface area contributed by atoms with Crippen LogP contribution in [-0.4, -0.2) is 20.2 Å². The van der Waals surface area contributed by atoms with Crippen molar-refractivity contribution in [1.82, 2.24) is 0 Å². The van der Waals surface area contributed by atoms with Crippen LogP contribution in [0, 0.1) is 0 Å². The number of benzene rings is 1. The van der Waals surface area contributed by atoms with Crippen molar-refractivity contribution >= 4 is 22.4 Å². The largest absolute Gasteiger partial charge is 0.481 e. The molecule has 0 bridgehead atoms. The molecule has 0 fully saturated rings. The van der Waals surface area contributed by atoms with E-state index in [1.807, 2.05) is 0 Å². The Morgan fingerprint density at radius 3 is 2.87 bits per heavy atom. The summed E-state index contributed by atoms with van der Waals surface area (Å²) < 4.78 is 21.4. The Hall–Kier alpha value is -1.24. The molecule has 0 saturated carbocycles. The lowest BCUT2D eigenvalue weighted by Gasteiger charge is -2.26. The number of rotatable bonds is 2. The van der Waals surface area contributed by atoms with Crippen LogP contribution in [-0.2, 0) is 17.0 Å². The van der Waals surface area contributed by atoms with E-state index in [-0.39, 0.29) is 12.2 Å². The van der Waals surface area contributed by atoms with E-state index in [1.165, 1.54) is 0 Å². The molecule has 0 saturated heterocycles. The number of carbonyl (C=O) groups is 1. The van der Waals surface area contributed by atoms with Gasteiger partial charge in [-0.1, -0.05) is 12.1 Å². The maximum Gasteiger partial charge on any atom is 0.307 e. The fourth-order valence-electron chi connectivity index (χ4n) is 1.56. The van der Waals surface area contributed by atoms with Crippen molar-refractivity contribution in [3.05, 3.63) is 29.3 Å². The summed E-state index contributed by atoms with van der Waals surface area (Å²) in [6, 6.07) is 5.06. The van der Waals surface area contributed by atoms with Gasteiger partial charge in [0.2, 0.25) is 0 Å². The van der Waals surface area contributed by atoms with Gasteiger partial charge in [-0.25, -0.2) is 0 Å². The Balaban J connectivity index is 2.26. The van der Waals surface area contributed by atoms with Gasteiger partial charge in [0.1, 0.15) is 0 Å². The third kappa shape index (κ3) is 2.23. The van der Waals surface area contributed by atoms with E-state index < -0.39 is 16.7 Å². The van der Waals surface area contributed by atoms with Gasteiger partial charge in [0.25, 0.3) is 0 Å². The monoisotopic (exact) mass is 229 g/mol. The highest BCUT2D eigenvalue weighted by atomic mass is 32.3. The minimum Gasteiger partial charge on any atom is -0.481 e.